The molecule has 92 valence electrons. The summed E-state index contributed by atoms with van der Waals surface area (Å²) in [4.78, 5) is 17.3. The third kappa shape index (κ3) is 2.58. The Kier molecular flexibility index (Phi) is 3.63. The summed E-state index contributed by atoms with van der Waals surface area (Å²) >= 11 is 3.39. The number of piperazine rings is 1. The van der Waals surface area contributed by atoms with Gasteiger partial charge in [-0.05, 0) is 34.5 Å². The quantitative estimate of drug-likeness (QED) is 0.853. The highest BCUT2D eigenvalue weighted by molar-refractivity contribution is 9.10. The molecule has 1 atom stereocenters. The second-order valence-corrected chi connectivity index (χ2v) is 4.90. The molecular weight excluding hydrogens is 286 g/mol. The van der Waals surface area contributed by atoms with Gasteiger partial charge in [-0.15, -0.1) is 0 Å². The van der Waals surface area contributed by atoms with Gasteiger partial charge in [-0.3, -0.25) is 0 Å². The SMILES string of the molecule is Cc1cc(N2CCNCC2C(=O)O)ncc1Br. The molecule has 1 unspecified atom stereocenters. The van der Waals surface area contributed by atoms with E-state index in [9.17, 15) is 9.90 Å². The van der Waals surface area contributed by atoms with Crippen molar-refractivity contribution in [3.05, 3.63) is 22.3 Å². The average molecular weight is 300 g/mol. The molecule has 0 spiro atoms. The minimum absolute atomic E-state index is 0.451. The number of anilines is 1. The first kappa shape index (κ1) is 12.3. The zero-order valence-corrected chi connectivity index (χ0v) is 11.1. The zero-order valence-electron chi connectivity index (χ0n) is 9.48. The molecule has 1 aliphatic rings. The molecule has 5 nitrogen and oxygen atoms in total. The Morgan fingerprint density at radius 1 is 1.71 bits per heavy atom. The Morgan fingerprint density at radius 3 is 3.12 bits per heavy atom. The number of aryl methyl sites for hydroxylation is 1. The van der Waals surface area contributed by atoms with Gasteiger partial charge >= 0.3 is 5.97 Å². The number of nitrogens with one attached hydrogen (secondary N) is 1. The number of pyridine rings is 1. The lowest BCUT2D eigenvalue weighted by Gasteiger charge is -2.34. The van der Waals surface area contributed by atoms with Crippen molar-refractivity contribution in [3.8, 4) is 0 Å². The highest BCUT2D eigenvalue weighted by Gasteiger charge is 2.29. The van der Waals surface area contributed by atoms with Crippen molar-refractivity contribution in [2.75, 3.05) is 24.5 Å². The van der Waals surface area contributed by atoms with Gasteiger partial charge in [0.25, 0.3) is 0 Å². The number of hydrogen-bond donors (Lipinski definition) is 2. The Hall–Kier alpha value is -1.14. The van der Waals surface area contributed by atoms with E-state index in [4.69, 9.17) is 0 Å². The van der Waals surface area contributed by atoms with Crippen LogP contribution in [0.5, 0.6) is 0 Å². The molecule has 6 heteroatoms. The third-order valence-electron chi connectivity index (χ3n) is 2.86. The number of carboxylic acid groups (broad SMARTS) is 1. The fourth-order valence-corrected chi connectivity index (χ4v) is 2.10. The molecule has 1 aromatic heterocycles. The van der Waals surface area contributed by atoms with E-state index < -0.39 is 12.0 Å². The molecule has 0 aliphatic carbocycles. The predicted molar refractivity (Wildman–Crippen MR) is 68.3 cm³/mol. The summed E-state index contributed by atoms with van der Waals surface area (Å²) in [6.45, 7) is 3.85. The van der Waals surface area contributed by atoms with Crippen LogP contribution in [0.1, 0.15) is 5.56 Å². The predicted octanol–water partition coefficient (Wildman–Crippen LogP) is 1.02. The van der Waals surface area contributed by atoms with E-state index in [0.29, 0.717) is 13.1 Å². The van der Waals surface area contributed by atoms with Gasteiger partial charge in [0, 0.05) is 30.3 Å². The second-order valence-electron chi connectivity index (χ2n) is 4.04. The van der Waals surface area contributed by atoms with Gasteiger partial charge in [-0.25, -0.2) is 9.78 Å². The van der Waals surface area contributed by atoms with Crippen molar-refractivity contribution < 1.29 is 9.90 Å². The molecule has 0 bridgehead atoms. The van der Waals surface area contributed by atoms with Crippen molar-refractivity contribution in [2.24, 2.45) is 0 Å². The summed E-state index contributed by atoms with van der Waals surface area (Å²) in [7, 11) is 0. The van der Waals surface area contributed by atoms with Crippen molar-refractivity contribution >= 4 is 27.7 Å². The van der Waals surface area contributed by atoms with E-state index in [2.05, 4.69) is 26.2 Å². The van der Waals surface area contributed by atoms with Crippen LogP contribution in [0.25, 0.3) is 0 Å². The summed E-state index contributed by atoms with van der Waals surface area (Å²) in [6, 6.07) is 1.36. The normalized spacial score (nSPS) is 20.4. The summed E-state index contributed by atoms with van der Waals surface area (Å²) in [5.74, 6) is -0.0980. The van der Waals surface area contributed by atoms with Crippen LogP contribution in [0.15, 0.2) is 16.7 Å². The average Bonchev–Trinajstić information content (AvgIpc) is 2.32. The monoisotopic (exact) mass is 299 g/mol. The number of carbonyl (C=O) groups is 1. The first-order valence-electron chi connectivity index (χ1n) is 5.42. The lowest BCUT2D eigenvalue weighted by Crippen LogP contribution is -2.55. The Labute approximate surface area is 108 Å². The standard InChI is InChI=1S/C11H14BrN3O2/c1-7-4-10(14-5-8(7)12)15-3-2-13-6-9(15)11(16)17/h4-5,9,13H,2-3,6H2,1H3,(H,16,17). The summed E-state index contributed by atoms with van der Waals surface area (Å²) in [5, 5.41) is 12.3. The van der Waals surface area contributed by atoms with Gasteiger partial charge in [-0.2, -0.15) is 0 Å². The van der Waals surface area contributed by atoms with Gasteiger partial charge in [0.15, 0.2) is 0 Å². The molecule has 2 heterocycles. The van der Waals surface area contributed by atoms with Gasteiger partial charge in [0.2, 0.25) is 0 Å². The molecule has 1 aromatic rings. The minimum atomic E-state index is -0.820. The lowest BCUT2D eigenvalue weighted by molar-refractivity contribution is -0.138. The zero-order chi connectivity index (χ0) is 12.4. The number of carboxylic acids is 1. The number of halogens is 1. The highest BCUT2D eigenvalue weighted by Crippen LogP contribution is 2.22. The third-order valence-corrected chi connectivity index (χ3v) is 3.69. The molecule has 1 aliphatic heterocycles. The van der Waals surface area contributed by atoms with Crippen LogP contribution >= 0.6 is 15.9 Å². The number of aliphatic carboxylic acids is 1. The molecule has 0 saturated carbocycles. The molecular formula is C11H14BrN3O2. The topological polar surface area (TPSA) is 65.5 Å². The minimum Gasteiger partial charge on any atom is -0.480 e. The second kappa shape index (κ2) is 5.01. The van der Waals surface area contributed by atoms with Crippen LogP contribution in [0.4, 0.5) is 5.82 Å². The maximum atomic E-state index is 11.2. The van der Waals surface area contributed by atoms with Crippen LogP contribution in [0, 0.1) is 6.92 Å². The van der Waals surface area contributed by atoms with Crippen LogP contribution in [-0.4, -0.2) is 41.7 Å². The molecule has 0 amide bonds. The number of rotatable bonds is 2. The van der Waals surface area contributed by atoms with Crippen molar-refractivity contribution in [1.29, 1.82) is 0 Å². The smallest absolute Gasteiger partial charge is 0.327 e. The fraction of sp³-hybridized carbons (Fsp3) is 0.455. The maximum Gasteiger partial charge on any atom is 0.327 e. The van der Waals surface area contributed by atoms with Crippen LogP contribution in [0.3, 0.4) is 0 Å². The summed E-state index contributed by atoms with van der Waals surface area (Å²) in [6.07, 6.45) is 1.71. The van der Waals surface area contributed by atoms with Crippen LogP contribution < -0.4 is 10.2 Å². The first-order valence-corrected chi connectivity index (χ1v) is 6.21. The Morgan fingerprint density at radius 2 is 2.47 bits per heavy atom. The van der Waals surface area contributed by atoms with Gasteiger partial charge in [-0.1, -0.05) is 0 Å². The largest absolute Gasteiger partial charge is 0.480 e. The lowest BCUT2D eigenvalue weighted by atomic mass is 10.2. The van der Waals surface area contributed by atoms with E-state index in [1.54, 1.807) is 6.20 Å². The molecule has 0 aromatic carbocycles. The highest BCUT2D eigenvalue weighted by atomic mass is 79.9. The Bertz CT molecular complexity index is 439. The number of nitrogens with zero attached hydrogens (tertiary/aromatic N) is 2. The molecule has 2 rings (SSSR count). The maximum absolute atomic E-state index is 11.2. The van der Waals surface area contributed by atoms with Gasteiger partial charge < -0.3 is 15.3 Å². The Balaban J connectivity index is 2.29. The molecule has 0 radical (unpaired) electrons. The summed E-state index contributed by atoms with van der Waals surface area (Å²) in [5.41, 5.74) is 1.05. The van der Waals surface area contributed by atoms with Gasteiger partial charge in [0.05, 0.1) is 0 Å². The van der Waals surface area contributed by atoms with Gasteiger partial charge in [0.1, 0.15) is 11.9 Å². The molecule has 2 N–H and O–H groups in total. The number of hydrogen-bond acceptors (Lipinski definition) is 4. The van der Waals surface area contributed by atoms with Crippen molar-refractivity contribution in [1.82, 2.24) is 10.3 Å². The van der Waals surface area contributed by atoms with E-state index >= 15 is 0 Å². The molecule has 17 heavy (non-hydrogen) atoms. The first-order chi connectivity index (χ1) is 8.09. The van der Waals surface area contributed by atoms with E-state index in [1.165, 1.54) is 0 Å². The van der Waals surface area contributed by atoms with Crippen LogP contribution in [0.2, 0.25) is 0 Å². The molecule has 1 saturated heterocycles. The molecule has 1 fully saturated rings. The van der Waals surface area contributed by atoms with E-state index in [1.807, 2.05) is 17.9 Å². The van der Waals surface area contributed by atoms with Crippen molar-refractivity contribution in [2.45, 2.75) is 13.0 Å². The van der Waals surface area contributed by atoms with E-state index in [-0.39, 0.29) is 0 Å². The van der Waals surface area contributed by atoms with E-state index in [0.717, 1.165) is 22.4 Å². The summed E-state index contributed by atoms with van der Waals surface area (Å²) < 4.78 is 0.934. The number of aromatic nitrogens is 1. The van der Waals surface area contributed by atoms with Crippen molar-refractivity contribution in [3.63, 3.8) is 0 Å². The van der Waals surface area contributed by atoms with Crippen LogP contribution in [-0.2, 0) is 4.79 Å². The fourth-order valence-electron chi connectivity index (χ4n) is 1.88.